The summed E-state index contributed by atoms with van der Waals surface area (Å²) in [5.74, 6) is 0.299. The Labute approximate surface area is 98.3 Å². The summed E-state index contributed by atoms with van der Waals surface area (Å²) >= 11 is 0. The highest BCUT2D eigenvalue weighted by Gasteiger charge is 2.31. The van der Waals surface area contributed by atoms with E-state index in [1.165, 1.54) is 0 Å². The molecule has 0 aliphatic rings. The van der Waals surface area contributed by atoms with Gasteiger partial charge in [0.15, 0.2) is 0 Å². The highest BCUT2D eigenvalue weighted by molar-refractivity contribution is 5.24. The fourth-order valence-electron chi connectivity index (χ4n) is 1.84. The van der Waals surface area contributed by atoms with Gasteiger partial charge in [0.05, 0.1) is 19.1 Å². The summed E-state index contributed by atoms with van der Waals surface area (Å²) in [6.45, 7) is 9.60. The molecule has 3 heteroatoms. The second kappa shape index (κ2) is 4.83. The van der Waals surface area contributed by atoms with E-state index in [0.717, 1.165) is 16.7 Å². The predicted octanol–water partition coefficient (Wildman–Crippen LogP) is 2.55. The minimum Gasteiger partial charge on any atom is -0.506 e. The largest absolute Gasteiger partial charge is 0.506 e. The molecular weight excluding hydrogens is 200 g/mol. The summed E-state index contributed by atoms with van der Waals surface area (Å²) in [5, 5.41) is 9.76. The van der Waals surface area contributed by atoms with Crippen LogP contribution in [0, 0.1) is 0 Å². The van der Waals surface area contributed by atoms with E-state index in [-0.39, 0.29) is 0 Å². The zero-order chi connectivity index (χ0) is 12.3. The van der Waals surface area contributed by atoms with Crippen LogP contribution in [-0.2, 0) is 6.54 Å². The zero-order valence-electron chi connectivity index (χ0n) is 10.9. The molecule has 1 aromatic heterocycles. The van der Waals surface area contributed by atoms with Crippen LogP contribution in [0.2, 0.25) is 0 Å². The first kappa shape index (κ1) is 13.0. The van der Waals surface area contributed by atoms with Crippen molar-refractivity contribution < 1.29 is 9.59 Å². The molecule has 0 saturated heterocycles. The van der Waals surface area contributed by atoms with E-state index in [4.69, 9.17) is 0 Å². The van der Waals surface area contributed by atoms with Crippen LogP contribution in [0.1, 0.15) is 33.4 Å². The molecule has 0 unspecified atom stereocenters. The van der Waals surface area contributed by atoms with Crippen molar-refractivity contribution in [2.75, 3.05) is 7.05 Å². The van der Waals surface area contributed by atoms with Gasteiger partial charge in [0.1, 0.15) is 18.0 Å². The van der Waals surface area contributed by atoms with E-state index in [0.29, 0.717) is 17.8 Å². The molecule has 0 atom stereocenters. The fraction of sp³-hybridized carbons (Fsp3) is 0.615. The Hall–Kier alpha value is -1.09. The number of quaternary nitrogens is 1. The van der Waals surface area contributed by atoms with Gasteiger partial charge in [-0.1, -0.05) is 0 Å². The molecule has 0 spiro atoms. The van der Waals surface area contributed by atoms with E-state index < -0.39 is 0 Å². The second-order valence-corrected chi connectivity index (χ2v) is 5.16. The lowest BCUT2D eigenvalue weighted by Crippen LogP contribution is -2.53. The number of aromatic hydroxyl groups is 1. The van der Waals surface area contributed by atoms with Crippen LogP contribution >= 0.6 is 0 Å². The van der Waals surface area contributed by atoms with E-state index in [1.54, 1.807) is 18.3 Å². The van der Waals surface area contributed by atoms with Crippen molar-refractivity contribution in [1.29, 1.82) is 0 Å². The third-order valence-electron chi connectivity index (χ3n) is 3.72. The number of nitrogens with zero attached hydrogens (tertiary/aromatic N) is 2. The summed E-state index contributed by atoms with van der Waals surface area (Å²) in [7, 11) is 2.21. The first-order valence-corrected chi connectivity index (χ1v) is 5.85. The average molecular weight is 223 g/mol. The molecule has 0 aliphatic carbocycles. The molecule has 16 heavy (non-hydrogen) atoms. The van der Waals surface area contributed by atoms with Gasteiger partial charge in [-0.15, -0.1) is 0 Å². The standard InChI is InChI=1S/C13H22N2O/c1-10(2)15(5,11(3)4)9-12-13(16)7-6-8-14-12/h6-8,10-11H,9H2,1-5H3/p+1. The van der Waals surface area contributed by atoms with E-state index in [2.05, 4.69) is 39.7 Å². The lowest BCUT2D eigenvalue weighted by atomic mass is 10.1. The molecule has 0 bridgehead atoms. The van der Waals surface area contributed by atoms with Crippen LogP contribution < -0.4 is 0 Å². The summed E-state index contributed by atoms with van der Waals surface area (Å²) in [5.41, 5.74) is 0.785. The van der Waals surface area contributed by atoms with Crippen LogP contribution in [-0.4, -0.2) is 33.7 Å². The smallest absolute Gasteiger partial charge is 0.142 e. The minimum absolute atomic E-state index is 0.299. The van der Waals surface area contributed by atoms with Gasteiger partial charge in [-0.25, -0.2) is 0 Å². The summed E-state index contributed by atoms with van der Waals surface area (Å²) in [6.07, 6.45) is 1.74. The minimum atomic E-state index is 0.299. The molecule has 1 aromatic rings. The SMILES string of the molecule is CC(C)[N+](C)(Cc1ncccc1O)C(C)C. The Morgan fingerprint density at radius 1 is 1.25 bits per heavy atom. The first-order valence-electron chi connectivity index (χ1n) is 5.85. The highest BCUT2D eigenvalue weighted by Crippen LogP contribution is 2.24. The molecule has 1 rings (SSSR count). The molecule has 3 nitrogen and oxygen atoms in total. The topological polar surface area (TPSA) is 33.1 Å². The quantitative estimate of drug-likeness (QED) is 0.796. The van der Waals surface area contributed by atoms with Crippen molar-refractivity contribution in [1.82, 2.24) is 4.98 Å². The van der Waals surface area contributed by atoms with Gasteiger partial charge < -0.3 is 9.59 Å². The molecule has 0 saturated carbocycles. The van der Waals surface area contributed by atoms with E-state index in [1.807, 2.05) is 0 Å². The highest BCUT2D eigenvalue weighted by atomic mass is 16.3. The van der Waals surface area contributed by atoms with Crippen LogP contribution in [0.25, 0.3) is 0 Å². The van der Waals surface area contributed by atoms with Gasteiger partial charge >= 0.3 is 0 Å². The molecule has 90 valence electrons. The number of hydrogen-bond acceptors (Lipinski definition) is 2. The maximum Gasteiger partial charge on any atom is 0.142 e. The van der Waals surface area contributed by atoms with E-state index in [9.17, 15) is 5.11 Å². The number of aromatic nitrogens is 1. The number of rotatable bonds is 4. The molecule has 1 N–H and O–H groups in total. The maximum atomic E-state index is 9.76. The fourth-order valence-corrected chi connectivity index (χ4v) is 1.84. The average Bonchev–Trinajstić information content (AvgIpc) is 2.20. The van der Waals surface area contributed by atoms with Gasteiger partial charge in [0, 0.05) is 6.20 Å². The zero-order valence-corrected chi connectivity index (χ0v) is 10.9. The third-order valence-corrected chi connectivity index (χ3v) is 3.72. The van der Waals surface area contributed by atoms with Crippen molar-refractivity contribution in [3.05, 3.63) is 24.0 Å². The van der Waals surface area contributed by atoms with Crippen molar-refractivity contribution in [3.63, 3.8) is 0 Å². The third kappa shape index (κ3) is 2.53. The van der Waals surface area contributed by atoms with Crippen molar-refractivity contribution >= 4 is 0 Å². The summed E-state index contributed by atoms with van der Waals surface area (Å²) in [6, 6.07) is 4.46. The monoisotopic (exact) mass is 223 g/mol. The predicted molar refractivity (Wildman–Crippen MR) is 66.1 cm³/mol. The molecule has 0 aliphatic heterocycles. The van der Waals surface area contributed by atoms with Crippen LogP contribution in [0.4, 0.5) is 0 Å². The molecule has 0 radical (unpaired) electrons. The summed E-state index contributed by atoms with van der Waals surface area (Å²) in [4.78, 5) is 4.26. The lowest BCUT2D eigenvalue weighted by molar-refractivity contribution is -0.962. The van der Waals surface area contributed by atoms with Crippen LogP contribution in [0.5, 0.6) is 5.75 Å². The lowest BCUT2D eigenvalue weighted by Gasteiger charge is -2.42. The van der Waals surface area contributed by atoms with Gasteiger partial charge in [-0.2, -0.15) is 0 Å². The van der Waals surface area contributed by atoms with Crippen molar-refractivity contribution in [2.45, 2.75) is 46.3 Å². The Morgan fingerprint density at radius 2 is 1.81 bits per heavy atom. The Bertz CT molecular complexity index is 340. The Balaban J connectivity index is 2.98. The first-order chi connectivity index (χ1) is 7.38. The Kier molecular flexibility index (Phi) is 3.92. The maximum absolute atomic E-state index is 9.76. The Morgan fingerprint density at radius 3 is 2.25 bits per heavy atom. The molecule has 0 fully saturated rings. The van der Waals surface area contributed by atoms with E-state index >= 15 is 0 Å². The van der Waals surface area contributed by atoms with Gasteiger partial charge in [-0.3, -0.25) is 4.98 Å². The van der Waals surface area contributed by atoms with Gasteiger partial charge in [0.25, 0.3) is 0 Å². The van der Waals surface area contributed by atoms with Crippen LogP contribution in [0.3, 0.4) is 0 Å². The van der Waals surface area contributed by atoms with Gasteiger partial charge in [-0.05, 0) is 39.8 Å². The summed E-state index contributed by atoms with van der Waals surface area (Å²) < 4.78 is 0.880. The molecule has 0 aromatic carbocycles. The van der Waals surface area contributed by atoms with Crippen LogP contribution in [0.15, 0.2) is 18.3 Å². The normalized spacial score (nSPS) is 12.4. The molecule has 1 heterocycles. The molecular formula is C13H23N2O+. The van der Waals surface area contributed by atoms with Gasteiger partial charge in [0.2, 0.25) is 0 Å². The van der Waals surface area contributed by atoms with Crippen molar-refractivity contribution in [2.24, 2.45) is 0 Å². The van der Waals surface area contributed by atoms with Crippen molar-refractivity contribution in [3.8, 4) is 5.75 Å². The molecule has 0 amide bonds. The number of pyridine rings is 1. The second-order valence-electron chi connectivity index (χ2n) is 5.16. The number of hydrogen-bond donors (Lipinski definition) is 1.